The molecule has 29 heavy (non-hydrogen) atoms. The van der Waals surface area contributed by atoms with Crippen molar-refractivity contribution in [1.29, 1.82) is 0 Å². The number of hydrogen-bond acceptors (Lipinski definition) is 6. The van der Waals surface area contributed by atoms with Crippen molar-refractivity contribution in [3.05, 3.63) is 59.9 Å². The Labute approximate surface area is 170 Å². The van der Waals surface area contributed by atoms with Gasteiger partial charge in [-0.05, 0) is 38.3 Å². The number of piperidine rings is 1. The van der Waals surface area contributed by atoms with Crippen molar-refractivity contribution >= 4 is 17.5 Å². The van der Waals surface area contributed by atoms with Crippen LogP contribution in [-0.4, -0.2) is 43.7 Å². The Bertz CT molecular complexity index is 978. The van der Waals surface area contributed by atoms with Crippen LogP contribution in [0.25, 0.3) is 0 Å². The molecule has 4 heterocycles. The second-order valence-corrected chi connectivity index (χ2v) is 7.19. The molecule has 0 aromatic carbocycles. The first-order chi connectivity index (χ1) is 14.2. The van der Waals surface area contributed by atoms with Crippen LogP contribution < -0.4 is 10.2 Å². The highest BCUT2D eigenvalue weighted by Crippen LogP contribution is 2.29. The number of rotatable bonds is 5. The van der Waals surface area contributed by atoms with Crippen LogP contribution in [0, 0.1) is 6.92 Å². The van der Waals surface area contributed by atoms with E-state index in [0.717, 1.165) is 44.0 Å². The summed E-state index contributed by atoms with van der Waals surface area (Å²) in [6, 6.07) is 5.57. The van der Waals surface area contributed by atoms with Crippen LogP contribution in [0.15, 0.2) is 43.0 Å². The van der Waals surface area contributed by atoms with Gasteiger partial charge in [0, 0.05) is 43.3 Å². The van der Waals surface area contributed by atoms with E-state index in [0.29, 0.717) is 11.4 Å². The second-order valence-electron chi connectivity index (χ2n) is 7.19. The minimum Gasteiger partial charge on any atom is -0.356 e. The van der Waals surface area contributed by atoms with E-state index < -0.39 is 0 Å². The Hall–Kier alpha value is -3.29. The molecule has 3 aromatic heterocycles. The van der Waals surface area contributed by atoms with Gasteiger partial charge in [0.05, 0.1) is 17.8 Å². The number of hydrogen-bond donors (Lipinski definition) is 1. The number of aryl methyl sites for hydroxylation is 2. The van der Waals surface area contributed by atoms with Gasteiger partial charge in [0.1, 0.15) is 17.5 Å². The topological polar surface area (TPSA) is 88.8 Å². The van der Waals surface area contributed by atoms with E-state index >= 15 is 0 Å². The van der Waals surface area contributed by atoms with Gasteiger partial charge in [-0.1, -0.05) is 6.92 Å². The largest absolute Gasteiger partial charge is 0.356 e. The summed E-state index contributed by atoms with van der Waals surface area (Å²) in [4.78, 5) is 27.8. The fourth-order valence-corrected chi connectivity index (χ4v) is 3.72. The first-order valence-corrected chi connectivity index (χ1v) is 9.98. The molecule has 4 rings (SSSR count). The van der Waals surface area contributed by atoms with Crippen molar-refractivity contribution in [3.8, 4) is 0 Å². The first kappa shape index (κ1) is 19.0. The monoisotopic (exact) mass is 391 g/mol. The summed E-state index contributed by atoms with van der Waals surface area (Å²) in [6.07, 6.45) is 9.66. The molecule has 0 atom stereocenters. The fraction of sp³-hybridized carbons (Fsp3) is 0.381. The Morgan fingerprint density at radius 3 is 2.76 bits per heavy atom. The maximum atomic E-state index is 12.5. The highest BCUT2D eigenvalue weighted by atomic mass is 16.1. The molecular formula is C21H25N7O. The molecule has 1 aliphatic heterocycles. The van der Waals surface area contributed by atoms with Crippen molar-refractivity contribution in [2.75, 3.05) is 23.3 Å². The van der Waals surface area contributed by atoms with Gasteiger partial charge in [-0.25, -0.2) is 14.6 Å². The molecule has 8 nitrogen and oxygen atoms in total. The number of carbonyl (C=O) groups excluding carboxylic acids is 1. The molecule has 0 radical (unpaired) electrons. The zero-order chi connectivity index (χ0) is 20.2. The molecule has 1 fully saturated rings. The van der Waals surface area contributed by atoms with Gasteiger partial charge in [0.2, 0.25) is 0 Å². The SMILES string of the molecule is CCc1cnc(C)nc1N1CCC(n2nccc2NC(=O)c2cccnc2)CC1. The summed E-state index contributed by atoms with van der Waals surface area (Å²) in [5, 5.41) is 7.43. The van der Waals surface area contributed by atoms with E-state index in [-0.39, 0.29) is 11.9 Å². The van der Waals surface area contributed by atoms with Crippen molar-refractivity contribution in [2.24, 2.45) is 0 Å². The van der Waals surface area contributed by atoms with Crippen LogP contribution in [0.4, 0.5) is 11.6 Å². The predicted octanol–water partition coefficient (Wildman–Crippen LogP) is 3.03. The highest BCUT2D eigenvalue weighted by Gasteiger charge is 2.25. The van der Waals surface area contributed by atoms with Gasteiger partial charge >= 0.3 is 0 Å². The van der Waals surface area contributed by atoms with Crippen molar-refractivity contribution in [3.63, 3.8) is 0 Å². The first-order valence-electron chi connectivity index (χ1n) is 9.98. The van der Waals surface area contributed by atoms with Crippen molar-refractivity contribution in [1.82, 2.24) is 24.7 Å². The van der Waals surface area contributed by atoms with Gasteiger partial charge < -0.3 is 10.2 Å². The molecule has 1 amide bonds. The summed E-state index contributed by atoms with van der Waals surface area (Å²) >= 11 is 0. The molecule has 1 aliphatic rings. The summed E-state index contributed by atoms with van der Waals surface area (Å²) in [7, 11) is 0. The third-order valence-electron chi connectivity index (χ3n) is 5.29. The van der Waals surface area contributed by atoms with E-state index in [9.17, 15) is 4.79 Å². The lowest BCUT2D eigenvalue weighted by atomic mass is 10.0. The molecule has 0 bridgehead atoms. The van der Waals surface area contributed by atoms with Crippen LogP contribution in [-0.2, 0) is 6.42 Å². The van der Waals surface area contributed by atoms with Crippen LogP contribution in [0.1, 0.15) is 47.6 Å². The van der Waals surface area contributed by atoms with E-state index in [4.69, 9.17) is 0 Å². The molecular weight excluding hydrogens is 366 g/mol. The maximum Gasteiger partial charge on any atom is 0.258 e. The number of amides is 1. The molecule has 1 saturated heterocycles. The lowest BCUT2D eigenvalue weighted by molar-refractivity contribution is 0.102. The Morgan fingerprint density at radius 1 is 1.21 bits per heavy atom. The predicted molar refractivity (Wildman–Crippen MR) is 111 cm³/mol. The summed E-state index contributed by atoms with van der Waals surface area (Å²) in [5.74, 6) is 2.38. The zero-order valence-electron chi connectivity index (χ0n) is 16.7. The summed E-state index contributed by atoms with van der Waals surface area (Å²) < 4.78 is 1.93. The number of carbonyl (C=O) groups is 1. The molecule has 3 aromatic rings. The average molecular weight is 391 g/mol. The zero-order valence-corrected chi connectivity index (χ0v) is 16.7. The number of anilines is 2. The second kappa shape index (κ2) is 8.38. The van der Waals surface area contributed by atoms with Crippen LogP contribution in [0.3, 0.4) is 0 Å². The van der Waals surface area contributed by atoms with Crippen molar-refractivity contribution < 1.29 is 4.79 Å². The Kier molecular flexibility index (Phi) is 5.50. The summed E-state index contributed by atoms with van der Waals surface area (Å²) in [5.41, 5.74) is 1.71. The van der Waals surface area contributed by atoms with Gasteiger partial charge in [-0.3, -0.25) is 9.78 Å². The third-order valence-corrected chi connectivity index (χ3v) is 5.29. The van der Waals surface area contributed by atoms with Gasteiger partial charge in [-0.15, -0.1) is 0 Å². The molecule has 0 saturated carbocycles. The van der Waals surface area contributed by atoms with E-state index in [1.165, 1.54) is 5.56 Å². The van der Waals surface area contributed by atoms with Gasteiger partial charge in [0.15, 0.2) is 0 Å². The maximum absolute atomic E-state index is 12.5. The minimum atomic E-state index is -0.179. The normalized spacial score (nSPS) is 14.8. The van der Waals surface area contributed by atoms with E-state index in [1.807, 2.05) is 23.9 Å². The molecule has 150 valence electrons. The molecule has 8 heteroatoms. The van der Waals surface area contributed by atoms with Crippen molar-refractivity contribution in [2.45, 2.75) is 39.2 Å². The quantitative estimate of drug-likeness (QED) is 0.719. The lowest BCUT2D eigenvalue weighted by Crippen LogP contribution is -2.36. The molecule has 0 unspecified atom stereocenters. The average Bonchev–Trinajstić information content (AvgIpc) is 3.22. The minimum absolute atomic E-state index is 0.179. The standard InChI is InChI=1S/C21H25N7O/c1-3-16-14-23-15(2)25-20(16)27-11-7-18(8-12-27)28-19(6-10-24-28)26-21(29)17-5-4-9-22-13-17/h4-6,9-10,13-14,18H,3,7-8,11-12H2,1-2H3,(H,26,29). The fourth-order valence-electron chi connectivity index (χ4n) is 3.72. The van der Waals surface area contributed by atoms with Gasteiger partial charge in [0.25, 0.3) is 5.91 Å². The van der Waals surface area contributed by atoms with E-state index in [2.05, 4.69) is 37.2 Å². The number of nitrogens with zero attached hydrogens (tertiary/aromatic N) is 6. The highest BCUT2D eigenvalue weighted by molar-refractivity contribution is 6.03. The number of aromatic nitrogens is 5. The van der Waals surface area contributed by atoms with Crippen LogP contribution >= 0.6 is 0 Å². The summed E-state index contributed by atoms with van der Waals surface area (Å²) in [6.45, 7) is 5.84. The van der Waals surface area contributed by atoms with Crippen LogP contribution in [0.5, 0.6) is 0 Å². The number of nitrogens with one attached hydrogen (secondary N) is 1. The lowest BCUT2D eigenvalue weighted by Gasteiger charge is -2.34. The van der Waals surface area contributed by atoms with Gasteiger partial charge in [-0.2, -0.15) is 5.10 Å². The van der Waals surface area contributed by atoms with E-state index in [1.54, 1.807) is 30.7 Å². The number of pyridine rings is 1. The Balaban J connectivity index is 1.44. The Morgan fingerprint density at radius 2 is 2.03 bits per heavy atom. The third kappa shape index (κ3) is 4.11. The molecule has 0 spiro atoms. The van der Waals surface area contributed by atoms with Crippen LogP contribution in [0.2, 0.25) is 0 Å². The smallest absolute Gasteiger partial charge is 0.258 e. The molecule has 1 N–H and O–H groups in total. The molecule has 0 aliphatic carbocycles.